The van der Waals surface area contributed by atoms with Crippen LogP contribution in [0.4, 0.5) is 18.9 Å². The number of benzene rings is 2. The summed E-state index contributed by atoms with van der Waals surface area (Å²) in [6, 6.07) is 15.9. The van der Waals surface area contributed by atoms with Crippen molar-refractivity contribution in [2.75, 3.05) is 31.2 Å². The number of carbonyl (C=O) groups excluding carboxylic acids is 1. The van der Waals surface area contributed by atoms with Crippen LogP contribution in [0.15, 0.2) is 54.6 Å². The second-order valence-electron chi connectivity index (χ2n) is 8.58. The van der Waals surface area contributed by atoms with Gasteiger partial charge in [-0.25, -0.2) is 0 Å². The van der Waals surface area contributed by atoms with Gasteiger partial charge in [0.2, 0.25) is 5.91 Å². The molecule has 0 bridgehead atoms. The maximum Gasteiger partial charge on any atom is 0.418 e. The molecule has 0 aliphatic carbocycles. The van der Waals surface area contributed by atoms with E-state index in [1.54, 1.807) is 11.0 Å². The van der Waals surface area contributed by atoms with E-state index in [0.29, 0.717) is 31.8 Å². The van der Waals surface area contributed by atoms with E-state index < -0.39 is 17.3 Å². The number of amides is 1. The molecule has 1 atom stereocenters. The van der Waals surface area contributed by atoms with Crippen molar-refractivity contribution in [3.05, 3.63) is 65.7 Å². The first-order valence-corrected chi connectivity index (χ1v) is 10.8. The fourth-order valence-electron chi connectivity index (χ4n) is 4.82. The van der Waals surface area contributed by atoms with Crippen LogP contribution >= 0.6 is 0 Å². The van der Waals surface area contributed by atoms with E-state index >= 15 is 0 Å². The van der Waals surface area contributed by atoms with E-state index in [9.17, 15) is 18.0 Å². The Balaban J connectivity index is 1.45. The van der Waals surface area contributed by atoms with E-state index in [1.165, 1.54) is 17.7 Å². The van der Waals surface area contributed by atoms with Crippen LogP contribution in [0.25, 0.3) is 0 Å². The molecule has 7 heteroatoms. The minimum Gasteiger partial charge on any atom is -0.339 e. The quantitative estimate of drug-likeness (QED) is 0.750. The van der Waals surface area contributed by atoms with Gasteiger partial charge in [-0.3, -0.25) is 4.79 Å². The molecule has 2 aliphatic rings. The van der Waals surface area contributed by atoms with Crippen LogP contribution in [-0.2, 0) is 11.0 Å². The number of para-hydroxylation sites is 1. The Morgan fingerprint density at radius 2 is 1.68 bits per heavy atom. The van der Waals surface area contributed by atoms with Gasteiger partial charge in [0.05, 0.1) is 17.9 Å². The Labute approximate surface area is 181 Å². The van der Waals surface area contributed by atoms with Crippen molar-refractivity contribution < 1.29 is 18.0 Å². The standard InChI is InChI=1S/C24H28F3N3O/c1-18(19-7-3-2-4-8-19)11-14-29-15-12-23(13-16-29)22(31)28-17-30(23)21-10-6-5-9-20(21)24(25,26)27/h2-10,18H,11-17H2,1H3,(H,28,31). The molecular weight excluding hydrogens is 403 g/mol. The summed E-state index contributed by atoms with van der Waals surface area (Å²) in [7, 11) is 0. The zero-order valence-corrected chi connectivity index (χ0v) is 17.7. The van der Waals surface area contributed by atoms with E-state index in [2.05, 4.69) is 29.3 Å². The van der Waals surface area contributed by atoms with Gasteiger partial charge in [0.15, 0.2) is 0 Å². The van der Waals surface area contributed by atoms with Gasteiger partial charge in [-0.05, 0) is 49.4 Å². The molecule has 1 amide bonds. The third-order valence-electron chi connectivity index (χ3n) is 6.77. The summed E-state index contributed by atoms with van der Waals surface area (Å²) in [5.74, 6) is 0.267. The summed E-state index contributed by atoms with van der Waals surface area (Å²) in [5.41, 5.74) is -0.214. The van der Waals surface area contributed by atoms with Crippen molar-refractivity contribution in [1.29, 1.82) is 0 Å². The molecule has 31 heavy (non-hydrogen) atoms. The fourth-order valence-corrected chi connectivity index (χ4v) is 4.82. The summed E-state index contributed by atoms with van der Waals surface area (Å²) < 4.78 is 40.8. The van der Waals surface area contributed by atoms with E-state index in [0.717, 1.165) is 19.0 Å². The topological polar surface area (TPSA) is 35.6 Å². The molecule has 2 aromatic rings. The third kappa shape index (κ3) is 4.28. The van der Waals surface area contributed by atoms with Gasteiger partial charge in [-0.2, -0.15) is 13.2 Å². The van der Waals surface area contributed by atoms with Crippen molar-refractivity contribution in [3.8, 4) is 0 Å². The molecule has 166 valence electrons. The minimum absolute atomic E-state index is 0.0829. The van der Waals surface area contributed by atoms with Crippen LogP contribution in [0.2, 0.25) is 0 Å². The Hall–Kier alpha value is -2.54. The lowest BCUT2D eigenvalue weighted by molar-refractivity contribution is -0.137. The lowest BCUT2D eigenvalue weighted by atomic mass is 9.85. The number of alkyl halides is 3. The number of piperidine rings is 1. The Morgan fingerprint density at radius 3 is 2.35 bits per heavy atom. The SMILES string of the molecule is CC(CCN1CCC2(CC1)C(=O)NCN2c1ccccc1C(F)(F)F)c1ccccc1. The highest BCUT2D eigenvalue weighted by Gasteiger charge is 2.51. The van der Waals surface area contributed by atoms with E-state index in [1.807, 2.05) is 18.2 Å². The Kier molecular flexibility index (Phi) is 5.97. The summed E-state index contributed by atoms with van der Waals surface area (Å²) in [6.07, 6.45) is -2.42. The van der Waals surface area contributed by atoms with Crippen molar-refractivity contribution in [2.24, 2.45) is 0 Å². The second kappa shape index (κ2) is 8.54. The monoisotopic (exact) mass is 431 g/mol. The first-order chi connectivity index (χ1) is 14.8. The number of likely N-dealkylation sites (tertiary alicyclic amines) is 1. The molecule has 0 radical (unpaired) electrons. The molecule has 1 unspecified atom stereocenters. The van der Waals surface area contributed by atoms with Crippen LogP contribution in [-0.4, -0.2) is 42.6 Å². The number of hydrogen-bond acceptors (Lipinski definition) is 3. The lowest BCUT2D eigenvalue weighted by Crippen LogP contribution is -2.56. The number of nitrogens with one attached hydrogen (secondary N) is 1. The molecule has 2 saturated heterocycles. The van der Waals surface area contributed by atoms with Crippen molar-refractivity contribution >= 4 is 11.6 Å². The summed E-state index contributed by atoms with van der Waals surface area (Å²) >= 11 is 0. The molecule has 4 nitrogen and oxygen atoms in total. The lowest BCUT2D eigenvalue weighted by Gasteiger charge is -2.44. The largest absolute Gasteiger partial charge is 0.418 e. The first-order valence-electron chi connectivity index (χ1n) is 10.8. The number of carbonyl (C=O) groups is 1. The maximum absolute atomic E-state index is 13.6. The number of rotatable bonds is 5. The second-order valence-corrected chi connectivity index (χ2v) is 8.58. The van der Waals surface area contributed by atoms with Crippen LogP contribution in [0.5, 0.6) is 0 Å². The molecule has 0 aromatic heterocycles. The van der Waals surface area contributed by atoms with Gasteiger partial charge in [0.25, 0.3) is 0 Å². The van der Waals surface area contributed by atoms with Crippen molar-refractivity contribution in [3.63, 3.8) is 0 Å². The average molecular weight is 432 g/mol. The zero-order chi connectivity index (χ0) is 22.1. The van der Waals surface area contributed by atoms with Gasteiger partial charge in [0.1, 0.15) is 5.54 Å². The number of halogens is 3. The van der Waals surface area contributed by atoms with Crippen molar-refractivity contribution in [2.45, 2.75) is 43.8 Å². The molecule has 1 N–H and O–H groups in total. The fraction of sp³-hybridized carbons (Fsp3) is 0.458. The first kappa shape index (κ1) is 21.7. The zero-order valence-electron chi connectivity index (χ0n) is 17.7. The molecular formula is C24H28F3N3O. The van der Waals surface area contributed by atoms with Crippen LogP contribution in [0.1, 0.15) is 43.2 Å². The molecule has 2 heterocycles. The summed E-state index contributed by atoms with van der Waals surface area (Å²) in [4.78, 5) is 16.8. The molecule has 4 rings (SSSR count). The number of hydrogen-bond donors (Lipinski definition) is 1. The Bertz CT molecular complexity index is 908. The number of nitrogens with zero attached hydrogens (tertiary/aromatic N) is 2. The number of anilines is 1. The van der Waals surface area contributed by atoms with Gasteiger partial charge >= 0.3 is 6.18 Å². The van der Waals surface area contributed by atoms with E-state index in [4.69, 9.17) is 0 Å². The van der Waals surface area contributed by atoms with Gasteiger partial charge in [-0.15, -0.1) is 0 Å². The summed E-state index contributed by atoms with van der Waals surface area (Å²) in [5, 5.41) is 2.79. The summed E-state index contributed by atoms with van der Waals surface area (Å²) in [6.45, 7) is 4.62. The van der Waals surface area contributed by atoms with Gasteiger partial charge in [-0.1, -0.05) is 49.4 Å². The van der Waals surface area contributed by atoms with Crippen LogP contribution in [0, 0.1) is 0 Å². The van der Waals surface area contributed by atoms with Crippen LogP contribution in [0.3, 0.4) is 0 Å². The smallest absolute Gasteiger partial charge is 0.339 e. The predicted octanol–water partition coefficient (Wildman–Crippen LogP) is 4.63. The third-order valence-corrected chi connectivity index (χ3v) is 6.77. The van der Waals surface area contributed by atoms with Crippen LogP contribution < -0.4 is 10.2 Å². The molecule has 2 aromatic carbocycles. The van der Waals surface area contributed by atoms with E-state index in [-0.39, 0.29) is 18.3 Å². The van der Waals surface area contributed by atoms with Crippen molar-refractivity contribution in [1.82, 2.24) is 10.2 Å². The highest BCUT2D eigenvalue weighted by atomic mass is 19.4. The molecule has 1 spiro atoms. The predicted molar refractivity (Wildman–Crippen MR) is 115 cm³/mol. The normalized spacial score (nSPS) is 20.1. The molecule has 0 saturated carbocycles. The average Bonchev–Trinajstić information content (AvgIpc) is 3.08. The van der Waals surface area contributed by atoms with Gasteiger partial charge < -0.3 is 15.1 Å². The Morgan fingerprint density at radius 1 is 1.03 bits per heavy atom. The minimum atomic E-state index is -4.46. The van der Waals surface area contributed by atoms with Gasteiger partial charge in [0, 0.05) is 13.1 Å². The highest BCUT2D eigenvalue weighted by molar-refractivity contribution is 5.93. The molecule has 2 fully saturated rings. The molecule has 2 aliphatic heterocycles. The highest BCUT2D eigenvalue weighted by Crippen LogP contribution is 2.42. The maximum atomic E-state index is 13.6.